The predicted octanol–water partition coefficient (Wildman–Crippen LogP) is 5.95. The van der Waals surface area contributed by atoms with E-state index in [1.165, 1.54) is 7.11 Å². The highest BCUT2D eigenvalue weighted by atomic mass is 32.2. The van der Waals surface area contributed by atoms with E-state index in [2.05, 4.69) is 17.6 Å². The van der Waals surface area contributed by atoms with Crippen molar-refractivity contribution in [1.82, 2.24) is 10.6 Å². The Labute approximate surface area is 292 Å². The highest BCUT2D eigenvalue weighted by Gasteiger charge is 2.38. The van der Waals surface area contributed by atoms with E-state index in [1.54, 1.807) is 11.8 Å². The molecule has 0 aliphatic carbocycles. The van der Waals surface area contributed by atoms with E-state index in [-0.39, 0.29) is 37.9 Å². The Morgan fingerprint density at radius 1 is 0.857 bits per heavy atom. The molecule has 4 N–H and O–H groups in total. The summed E-state index contributed by atoms with van der Waals surface area (Å²) in [6.45, 7) is 2.47. The molecule has 2 amide bonds. The Hall–Kier alpha value is -4.19. The first-order chi connectivity index (χ1) is 23.9. The summed E-state index contributed by atoms with van der Waals surface area (Å²) in [5.74, 6) is 0.921. The van der Waals surface area contributed by atoms with E-state index >= 15 is 0 Å². The van der Waals surface area contributed by atoms with Crippen LogP contribution in [0.5, 0.6) is 0 Å². The van der Waals surface area contributed by atoms with Gasteiger partial charge in [-0.15, -0.1) is 0 Å². The zero-order valence-electron chi connectivity index (χ0n) is 27.8. The molecule has 4 aromatic rings. The van der Waals surface area contributed by atoms with Gasteiger partial charge in [0.2, 0.25) is 0 Å². The zero-order valence-corrected chi connectivity index (χ0v) is 28.6. The van der Waals surface area contributed by atoms with Crippen molar-refractivity contribution < 1.29 is 34.0 Å². The molecule has 5 atom stereocenters. The molecule has 1 heterocycles. The number of benzene rings is 4. The lowest BCUT2D eigenvalue weighted by molar-refractivity contribution is -0.268. The van der Waals surface area contributed by atoms with Gasteiger partial charge in [-0.25, -0.2) is 9.59 Å². The fraction of sp³-hybridized carbons (Fsp3) is 0.333. The van der Waals surface area contributed by atoms with Crippen molar-refractivity contribution in [2.45, 2.75) is 51.0 Å². The number of aliphatic hydroxyl groups is 2. The number of carbonyl (C=O) groups excluding carboxylic acids is 2. The zero-order chi connectivity index (χ0) is 34.6. The van der Waals surface area contributed by atoms with Crippen molar-refractivity contribution in [3.05, 3.63) is 131 Å². The van der Waals surface area contributed by atoms with Gasteiger partial charge in [0.05, 0.1) is 32.5 Å². The maximum absolute atomic E-state index is 12.9. The van der Waals surface area contributed by atoms with Crippen LogP contribution in [0.4, 0.5) is 4.79 Å². The van der Waals surface area contributed by atoms with Gasteiger partial charge >= 0.3 is 12.0 Å². The molecule has 10 heteroatoms. The molecule has 0 radical (unpaired) electrons. The van der Waals surface area contributed by atoms with Gasteiger partial charge in [-0.1, -0.05) is 110 Å². The standard InChI is InChI=1S/C39H44N2O7S/c1-26-35(25-49-21-20-42)47-38(48-36(26)30-14-12-28(24-43)13-15-30)31-18-16-29(17-19-31)33-11-7-6-10-32(33)23-40-39(45)41-34(37(44)46-2)22-27-8-4-3-5-9-27/h3-19,26,34-36,38,42-43H,20-25H2,1-2H3,(H2,40,41,45). The number of methoxy groups -OCH3 is 1. The van der Waals surface area contributed by atoms with Crippen LogP contribution in [0.25, 0.3) is 11.1 Å². The molecule has 0 aromatic heterocycles. The number of nitrogens with one attached hydrogen (secondary N) is 2. The van der Waals surface area contributed by atoms with Crippen molar-refractivity contribution in [3.8, 4) is 11.1 Å². The average molecular weight is 685 g/mol. The number of urea groups is 1. The fourth-order valence-electron chi connectivity index (χ4n) is 5.92. The van der Waals surface area contributed by atoms with Crippen LogP contribution in [0.2, 0.25) is 0 Å². The van der Waals surface area contributed by atoms with Crippen molar-refractivity contribution in [3.63, 3.8) is 0 Å². The van der Waals surface area contributed by atoms with E-state index in [1.807, 2.05) is 103 Å². The summed E-state index contributed by atoms with van der Waals surface area (Å²) in [6.07, 6.45) is -0.583. The molecule has 0 bridgehead atoms. The van der Waals surface area contributed by atoms with E-state index in [9.17, 15) is 19.8 Å². The van der Waals surface area contributed by atoms with Gasteiger partial charge < -0.3 is 35.1 Å². The van der Waals surface area contributed by atoms with Gasteiger partial charge in [0, 0.05) is 36.0 Å². The Balaban J connectivity index is 1.28. The van der Waals surface area contributed by atoms with E-state index in [0.29, 0.717) is 12.2 Å². The van der Waals surface area contributed by atoms with Crippen LogP contribution in [-0.4, -0.2) is 59.6 Å². The number of thioether (sulfide) groups is 1. The number of ether oxygens (including phenoxy) is 3. The number of esters is 1. The SMILES string of the molecule is COC(=O)C(Cc1ccccc1)NC(=O)NCc1ccccc1-c1ccc(C2OC(CSCCO)C(C)C(c3ccc(CO)cc3)O2)cc1. The van der Waals surface area contributed by atoms with E-state index in [0.717, 1.165) is 44.7 Å². The summed E-state index contributed by atoms with van der Waals surface area (Å²) in [4.78, 5) is 25.3. The molecule has 4 aromatic carbocycles. The maximum Gasteiger partial charge on any atom is 0.328 e. The van der Waals surface area contributed by atoms with Crippen LogP contribution in [0.1, 0.15) is 47.1 Å². The third kappa shape index (κ3) is 9.71. The number of hydrogen-bond acceptors (Lipinski definition) is 8. The minimum atomic E-state index is -0.824. The van der Waals surface area contributed by atoms with E-state index < -0.39 is 24.3 Å². The lowest BCUT2D eigenvalue weighted by atomic mass is 9.91. The van der Waals surface area contributed by atoms with Crippen molar-refractivity contribution in [2.24, 2.45) is 5.92 Å². The van der Waals surface area contributed by atoms with Crippen molar-refractivity contribution in [2.75, 3.05) is 25.2 Å². The molecule has 0 saturated carbocycles. The second-order valence-corrected chi connectivity index (χ2v) is 13.1. The lowest BCUT2D eigenvalue weighted by Gasteiger charge is -2.41. The highest BCUT2D eigenvalue weighted by Crippen LogP contribution is 2.42. The van der Waals surface area contributed by atoms with Crippen molar-refractivity contribution in [1.29, 1.82) is 0 Å². The van der Waals surface area contributed by atoms with Crippen LogP contribution in [0.15, 0.2) is 103 Å². The predicted molar refractivity (Wildman–Crippen MR) is 191 cm³/mol. The Bertz CT molecular complexity index is 1640. The summed E-state index contributed by atoms with van der Waals surface area (Å²) >= 11 is 1.66. The summed E-state index contributed by atoms with van der Waals surface area (Å²) in [5.41, 5.74) is 6.50. The smallest absolute Gasteiger partial charge is 0.328 e. The number of rotatable bonds is 14. The van der Waals surface area contributed by atoms with E-state index in [4.69, 9.17) is 14.2 Å². The van der Waals surface area contributed by atoms with Crippen molar-refractivity contribution >= 4 is 23.8 Å². The molecular formula is C39H44N2O7S. The lowest BCUT2D eigenvalue weighted by Crippen LogP contribution is -2.47. The largest absolute Gasteiger partial charge is 0.467 e. The number of hydrogen-bond donors (Lipinski definition) is 4. The van der Waals surface area contributed by atoms with Crippen LogP contribution in [-0.2, 0) is 38.6 Å². The molecule has 1 fully saturated rings. The topological polar surface area (TPSA) is 126 Å². The quantitative estimate of drug-likeness (QED) is 0.0950. The Morgan fingerprint density at radius 3 is 2.24 bits per heavy atom. The number of aliphatic hydroxyl groups excluding tert-OH is 2. The Kier molecular flexibility index (Phi) is 13.3. The fourth-order valence-corrected chi connectivity index (χ4v) is 6.83. The molecular weight excluding hydrogens is 641 g/mol. The van der Waals surface area contributed by atoms with Crippen LogP contribution < -0.4 is 10.6 Å². The van der Waals surface area contributed by atoms with Crippen LogP contribution in [0.3, 0.4) is 0 Å². The summed E-state index contributed by atoms with van der Waals surface area (Å²) in [6, 6.07) is 31.9. The Morgan fingerprint density at radius 2 is 1.55 bits per heavy atom. The second kappa shape index (κ2) is 18.0. The first-order valence-corrected chi connectivity index (χ1v) is 17.6. The highest BCUT2D eigenvalue weighted by molar-refractivity contribution is 7.99. The van der Waals surface area contributed by atoms with Gasteiger partial charge in [-0.2, -0.15) is 11.8 Å². The molecule has 9 nitrogen and oxygen atoms in total. The van der Waals surface area contributed by atoms with Gasteiger partial charge in [0.25, 0.3) is 0 Å². The van der Waals surface area contributed by atoms with Gasteiger partial charge in [0.15, 0.2) is 6.29 Å². The van der Waals surface area contributed by atoms with Gasteiger partial charge in [-0.3, -0.25) is 0 Å². The molecule has 1 aliphatic heterocycles. The van der Waals surface area contributed by atoms with Crippen LogP contribution in [0, 0.1) is 5.92 Å². The minimum absolute atomic E-state index is 0.0170. The van der Waals surface area contributed by atoms with Crippen LogP contribution >= 0.6 is 11.8 Å². The first kappa shape index (κ1) is 36.1. The van der Waals surface area contributed by atoms with Gasteiger partial charge in [-0.05, 0) is 33.4 Å². The molecule has 49 heavy (non-hydrogen) atoms. The first-order valence-electron chi connectivity index (χ1n) is 16.4. The minimum Gasteiger partial charge on any atom is -0.467 e. The average Bonchev–Trinajstić information content (AvgIpc) is 3.15. The summed E-state index contributed by atoms with van der Waals surface area (Å²) in [5, 5.41) is 24.5. The normalized spacial score (nSPS) is 19.5. The third-order valence-electron chi connectivity index (χ3n) is 8.67. The second-order valence-electron chi connectivity index (χ2n) is 12.0. The summed E-state index contributed by atoms with van der Waals surface area (Å²) in [7, 11) is 1.31. The molecule has 1 aliphatic rings. The molecule has 0 spiro atoms. The van der Waals surface area contributed by atoms with Gasteiger partial charge in [0.1, 0.15) is 6.04 Å². The third-order valence-corrected chi connectivity index (χ3v) is 9.70. The molecule has 258 valence electrons. The molecule has 5 rings (SSSR count). The summed E-state index contributed by atoms with van der Waals surface area (Å²) < 4.78 is 18.0. The molecule has 5 unspecified atom stereocenters. The number of amides is 2. The maximum atomic E-state index is 12.9. The molecule has 1 saturated heterocycles. The monoisotopic (exact) mass is 684 g/mol. The number of carbonyl (C=O) groups is 2.